The molecule has 0 radical (unpaired) electrons. The maximum absolute atomic E-state index is 12.8. The van der Waals surface area contributed by atoms with E-state index < -0.39 is 0 Å². The summed E-state index contributed by atoms with van der Waals surface area (Å²) in [5, 5.41) is 0. The van der Waals surface area contributed by atoms with Crippen molar-refractivity contribution in [2.75, 3.05) is 0 Å². The molecule has 1 aromatic rings. The molecule has 1 nitrogen and oxygen atoms in total. The van der Waals surface area contributed by atoms with Crippen molar-refractivity contribution in [1.29, 1.82) is 0 Å². The molecule has 3 saturated carbocycles. The fourth-order valence-corrected chi connectivity index (χ4v) is 9.55. The van der Waals surface area contributed by atoms with E-state index in [-0.39, 0.29) is 10.00 Å². The van der Waals surface area contributed by atoms with Crippen molar-refractivity contribution in [3.63, 3.8) is 0 Å². The van der Waals surface area contributed by atoms with Gasteiger partial charge in [0.25, 0.3) is 0 Å². The molecular formula is C18H20OS2. The Hall–Kier alpha value is -0.410. The summed E-state index contributed by atoms with van der Waals surface area (Å²) in [6.07, 6.45) is 6.04. The van der Waals surface area contributed by atoms with Crippen LogP contribution in [-0.4, -0.2) is 9.86 Å². The second kappa shape index (κ2) is 4.11. The molecule has 4 atom stereocenters. The van der Waals surface area contributed by atoms with Crippen LogP contribution in [0.3, 0.4) is 0 Å². The van der Waals surface area contributed by atoms with E-state index in [4.69, 9.17) is 0 Å². The highest BCUT2D eigenvalue weighted by molar-refractivity contribution is 8.20. The van der Waals surface area contributed by atoms with Gasteiger partial charge in [0.05, 0.1) is 4.08 Å². The Balaban J connectivity index is 1.64. The second-order valence-corrected chi connectivity index (χ2v) is 10.2. The minimum atomic E-state index is 0.0971. The summed E-state index contributed by atoms with van der Waals surface area (Å²) in [6.45, 7) is 2.46. The van der Waals surface area contributed by atoms with Gasteiger partial charge in [-0.3, -0.25) is 4.79 Å². The molecule has 1 unspecified atom stereocenters. The average Bonchev–Trinajstić information content (AvgIpc) is 3.11. The predicted molar refractivity (Wildman–Crippen MR) is 87.6 cm³/mol. The topological polar surface area (TPSA) is 17.1 Å². The van der Waals surface area contributed by atoms with E-state index in [1.165, 1.54) is 35.5 Å². The molecular weight excluding hydrogens is 296 g/mol. The zero-order valence-corrected chi connectivity index (χ0v) is 13.9. The molecule has 2 bridgehead atoms. The zero-order valence-electron chi connectivity index (χ0n) is 12.3. The van der Waals surface area contributed by atoms with Crippen LogP contribution in [0.2, 0.25) is 0 Å². The summed E-state index contributed by atoms with van der Waals surface area (Å²) in [6, 6.07) is 8.75. The Labute approximate surface area is 134 Å². The van der Waals surface area contributed by atoms with Crippen molar-refractivity contribution in [3.8, 4) is 0 Å². The third-order valence-electron chi connectivity index (χ3n) is 6.77. The quantitative estimate of drug-likeness (QED) is 0.671. The van der Waals surface area contributed by atoms with Crippen LogP contribution in [0, 0.1) is 23.2 Å². The molecule has 0 saturated heterocycles. The molecule has 110 valence electrons. The van der Waals surface area contributed by atoms with E-state index in [1.807, 2.05) is 23.5 Å². The van der Waals surface area contributed by atoms with Crippen LogP contribution in [0.15, 0.2) is 34.1 Å². The molecule has 2 spiro atoms. The first kappa shape index (κ1) is 13.1. The van der Waals surface area contributed by atoms with E-state index in [9.17, 15) is 4.79 Å². The SMILES string of the molecule is CC1C2(Sc3ccccc3S2)[C@H]2C[C@@]13CCC[C@@H]3CC2=O. The molecule has 1 heterocycles. The molecule has 21 heavy (non-hydrogen) atoms. The van der Waals surface area contributed by atoms with Crippen LogP contribution in [0.4, 0.5) is 0 Å². The summed E-state index contributed by atoms with van der Waals surface area (Å²) in [7, 11) is 0. The first-order valence-corrected chi connectivity index (χ1v) is 9.79. The number of thioether (sulfide) groups is 2. The average molecular weight is 316 g/mol. The second-order valence-electron chi connectivity index (χ2n) is 7.34. The van der Waals surface area contributed by atoms with E-state index in [0.29, 0.717) is 23.0 Å². The van der Waals surface area contributed by atoms with Crippen molar-refractivity contribution >= 4 is 29.3 Å². The summed E-state index contributed by atoms with van der Waals surface area (Å²) < 4.78 is 0.0971. The smallest absolute Gasteiger partial charge is 0.138 e. The monoisotopic (exact) mass is 316 g/mol. The van der Waals surface area contributed by atoms with Crippen LogP contribution in [0.25, 0.3) is 0 Å². The third kappa shape index (κ3) is 1.45. The van der Waals surface area contributed by atoms with Gasteiger partial charge in [0, 0.05) is 22.1 Å². The largest absolute Gasteiger partial charge is 0.299 e. The molecule has 4 aliphatic rings. The molecule has 1 aliphatic heterocycles. The predicted octanol–water partition coefficient (Wildman–Crippen LogP) is 5.00. The standard InChI is InChI=1S/C18H20OS2/c1-11-17-8-4-5-12(17)9-14(19)13(10-17)18(11)20-15-6-2-3-7-16(15)21-18/h2-3,6-7,11-13H,4-5,8-10H2,1H3/t11?,12-,13+,17+/m1/s1. The number of carbonyl (C=O) groups is 1. The lowest BCUT2D eigenvalue weighted by molar-refractivity contribution is -0.126. The Morgan fingerprint density at radius 1 is 1.19 bits per heavy atom. The van der Waals surface area contributed by atoms with E-state index in [2.05, 4.69) is 31.2 Å². The maximum atomic E-state index is 12.8. The van der Waals surface area contributed by atoms with Crippen molar-refractivity contribution in [3.05, 3.63) is 24.3 Å². The van der Waals surface area contributed by atoms with Crippen LogP contribution < -0.4 is 0 Å². The fourth-order valence-electron chi connectivity index (χ4n) is 5.74. The normalized spacial score (nSPS) is 42.3. The van der Waals surface area contributed by atoms with Crippen molar-refractivity contribution in [2.24, 2.45) is 23.2 Å². The summed E-state index contributed by atoms with van der Waals surface area (Å²) in [5.74, 6) is 2.18. The molecule has 3 heteroatoms. The van der Waals surface area contributed by atoms with Crippen LogP contribution >= 0.6 is 23.5 Å². The van der Waals surface area contributed by atoms with Crippen LogP contribution in [0.5, 0.6) is 0 Å². The molecule has 0 amide bonds. The number of hydrogen-bond donors (Lipinski definition) is 0. The maximum Gasteiger partial charge on any atom is 0.138 e. The van der Waals surface area contributed by atoms with Gasteiger partial charge in [0.1, 0.15) is 5.78 Å². The number of Topliss-reactive ketones (excluding diaryl/α,β-unsaturated/α-hetero) is 1. The van der Waals surface area contributed by atoms with Gasteiger partial charge in [0.2, 0.25) is 0 Å². The first-order chi connectivity index (χ1) is 10.2. The summed E-state index contributed by atoms with van der Waals surface area (Å²) in [4.78, 5) is 15.6. The molecule has 0 aromatic heterocycles. The highest BCUT2D eigenvalue weighted by Crippen LogP contribution is 2.76. The van der Waals surface area contributed by atoms with Gasteiger partial charge in [-0.1, -0.05) is 25.5 Å². The van der Waals surface area contributed by atoms with Crippen LogP contribution in [0.1, 0.15) is 39.0 Å². The lowest BCUT2D eigenvalue weighted by atomic mass is 9.66. The fraction of sp³-hybridized carbons (Fsp3) is 0.611. The highest BCUT2D eigenvalue weighted by Gasteiger charge is 2.70. The van der Waals surface area contributed by atoms with Gasteiger partial charge in [-0.05, 0) is 48.6 Å². The van der Waals surface area contributed by atoms with Gasteiger partial charge in [0.15, 0.2) is 0 Å². The Bertz CT molecular complexity index is 615. The summed E-state index contributed by atoms with van der Waals surface area (Å²) >= 11 is 4.04. The van der Waals surface area contributed by atoms with E-state index in [1.54, 1.807) is 0 Å². The van der Waals surface area contributed by atoms with Gasteiger partial charge < -0.3 is 0 Å². The molecule has 5 rings (SSSR count). The molecule has 3 fully saturated rings. The number of rotatable bonds is 0. The molecule has 1 aromatic carbocycles. The minimum Gasteiger partial charge on any atom is -0.299 e. The van der Waals surface area contributed by atoms with Crippen molar-refractivity contribution in [1.82, 2.24) is 0 Å². The molecule has 3 aliphatic carbocycles. The van der Waals surface area contributed by atoms with Gasteiger partial charge in [-0.2, -0.15) is 0 Å². The Kier molecular flexibility index (Phi) is 2.56. The van der Waals surface area contributed by atoms with E-state index in [0.717, 1.165) is 6.42 Å². The van der Waals surface area contributed by atoms with Crippen molar-refractivity contribution < 1.29 is 4.79 Å². The first-order valence-electron chi connectivity index (χ1n) is 8.15. The number of hydrogen-bond acceptors (Lipinski definition) is 3. The van der Waals surface area contributed by atoms with E-state index >= 15 is 0 Å². The third-order valence-corrected chi connectivity index (χ3v) is 10.5. The lowest BCUT2D eigenvalue weighted by Gasteiger charge is -2.39. The Morgan fingerprint density at radius 2 is 1.90 bits per heavy atom. The minimum absolute atomic E-state index is 0.0971. The zero-order chi connectivity index (χ0) is 14.2. The Morgan fingerprint density at radius 3 is 2.62 bits per heavy atom. The number of ketones is 1. The van der Waals surface area contributed by atoms with Crippen molar-refractivity contribution in [2.45, 2.75) is 52.9 Å². The highest BCUT2D eigenvalue weighted by atomic mass is 32.2. The number of carbonyl (C=O) groups excluding carboxylic acids is 1. The lowest BCUT2D eigenvalue weighted by Crippen LogP contribution is -2.34. The number of benzene rings is 1. The van der Waals surface area contributed by atoms with Gasteiger partial charge in [-0.15, -0.1) is 23.5 Å². The van der Waals surface area contributed by atoms with Gasteiger partial charge in [-0.25, -0.2) is 0 Å². The molecule has 0 N–H and O–H groups in total. The van der Waals surface area contributed by atoms with Gasteiger partial charge >= 0.3 is 0 Å². The number of fused-ring (bicyclic) bond motifs is 3. The summed E-state index contributed by atoms with van der Waals surface area (Å²) in [5.41, 5.74) is 0.473. The van der Waals surface area contributed by atoms with Crippen LogP contribution in [-0.2, 0) is 4.79 Å².